The number of halogens is 1. The number of pyridine rings is 1. The Morgan fingerprint density at radius 3 is 2.55 bits per heavy atom. The van der Waals surface area contributed by atoms with Gasteiger partial charge in [-0.3, -0.25) is 19.1 Å². The SMILES string of the molecule is C#C[C@@H]1[C@@H](Cc2nnco2)C[C@@H](C(=O)Nc2nc(Br)ccc2C)N1C(=O)Cn1nc(C(C)=O)c2cc(-c3cnc(C)nc3)cc(C)c21. The lowest BCUT2D eigenvalue weighted by Crippen LogP contribution is -2.48. The third-order valence-corrected chi connectivity index (χ3v) is 8.72. The van der Waals surface area contributed by atoms with E-state index in [1.165, 1.54) is 22.9 Å². The molecule has 1 fully saturated rings. The summed E-state index contributed by atoms with van der Waals surface area (Å²) in [7, 11) is 0. The Balaban J connectivity index is 1.37. The predicted molar refractivity (Wildman–Crippen MR) is 175 cm³/mol. The third-order valence-electron chi connectivity index (χ3n) is 8.28. The smallest absolute Gasteiger partial charge is 0.248 e. The quantitative estimate of drug-likeness (QED) is 0.141. The molecular formula is C33H30BrN9O4. The molecule has 1 aromatic carbocycles. The zero-order valence-corrected chi connectivity index (χ0v) is 27.6. The zero-order chi connectivity index (χ0) is 33.4. The van der Waals surface area contributed by atoms with Crippen molar-refractivity contribution in [2.45, 2.75) is 59.2 Å². The first-order valence-electron chi connectivity index (χ1n) is 14.8. The molecule has 0 aliphatic carbocycles. The van der Waals surface area contributed by atoms with E-state index in [1.54, 1.807) is 25.4 Å². The van der Waals surface area contributed by atoms with Crippen LogP contribution in [0.3, 0.4) is 0 Å². The summed E-state index contributed by atoms with van der Waals surface area (Å²) in [4.78, 5) is 55.3. The van der Waals surface area contributed by atoms with Crippen LogP contribution in [0.4, 0.5) is 5.82 Å². The number of rotatable bonds is 8. The minimum absolute atomic E-state index is 0.223. The molecule has 47 heavy (non-hydrogen) atoms. The Hall–Kier alpha value is -5.29. The molecule has 4 aromatic heterocycles. The minimum Gasteiger partial charge on any atom is -0.428 e. The van der Waals surface area contributed by atoms with Gasteiger partial charge < -0.3 is 14.6 Å². The lowest BCUT2D eigenvalue weighted by Gasteiger charge is -2.28. The van der Waals surface area contributed by atoms with Crippen LogP contribution in [-0.2, 0) is 22.6 Å². The molecule has 3 atom stereocenters. The Morgan fingerprint density at radius 1 is 1.11 bits per heavy atom. The number of nitrogens with one attached hydrogen (secondary N) is 1. The van der Waals surface area contributed by atoms with Gasteiger partial charge in [0, 0.05) is 42.6 Å². The van der Waals surface area contributed by atoms with Gasteiger partial charge in [-0.1, -0.05) is 12.0 Å². The second-order valence-corrected chi connectivity index (χ2v) is 12.3. The number of ketones is 1. The van der Waals surface area contributed by atoms with Gasteiger partial charge in [0.05, 0.1) is 11.6 Å². The summed E-state index contributed by atoms with van der Waals surface area (Å²) in [5.74, 6) is 2.62. The van der Waals surface area contributed by atoms with E-state index in [2.05, 4.69) is 57.4 Å². The molecule has 5 aromatic rings. The molecule has 14 heteroatoms. The zero-order valence-electron chi connectivity index (χ0n) is 26.1. The molecule has 13 nitrogen and oxygen atoms in total. The average Bonchev–Trinajstić information content (AvgIpc) is 3.77. The van der Waals surface area contributed by atoms with Crippen molar-refractivity contribution in [3.8, 4) is 23.5 Å². The molecule has 1 aliphatic rings. The second kappa shape index (κ2) is 12.8. The normalized spacial score (nSPS) is 17.5. The predicted octanol–water partition coefficient (Wildman–Crippen LogP) is 4.26. The summed E-state index contributed by atoms with van der Waals surface area (Å²) >= 11 is 3.35. The molecule has 0 radical (unpaired) electrons. The molecule has 6 rings (SSSR count). The highest BCUT2D eigenvalue weighted by atomic mass is 79.9. The van der Waals surface area contributed by atoms with Gasteiger partial charge in [0.15, 0.2) is 5.78 Å². The number of anilines is 1. The summed E-state index contributed by atoms with van der Waals surface area (Å²) in [6.07, 6.45) is 11.2. The van der Waals surface area contributed by atoms with Crippen molar-refractivity contribution >= 4 is 50.2 Å². The molecule has 1 saturated heterocycles. The number of hydrogen-bond donors (Lipinski definition) is 1. The highest BCUT2D eigenvalue weighted by Gasteiger charge is 2.47. The molecular weight excluding hydrogens is 666 g/mol. The maximum absolute atomic E-state index is 14.3. The van der Waals surface area contributed by atoms with Gasteiger partial charge in [-0.2, -0.15) is 5.10 Å². The van der Waals surface area contributed by atoms with E-state index in [4.69, 9.17) is 10.8 Å². The van der Waals surface area contributed by atoms with Crippen molar-refractivity contribution in [3.63, 3.8) is 0 Å². The Bertz CT molecular complexity index is 2050. The first kappa shape index (κ1) is 31.7. The van der Waals surface area contributed by atoms with E-state index in [0.29, 0.717) is 33.0 Å². The fourth-order valence-electron chi connectivity index (χ4n) is 6.08. The monoisotopic (exact) mass is 695 g/mol. The van der Waals surface area contributed by atoms with Gasteiger partial charge in [-0.15, -0.1) is 16.6 Å². The Kier molecular flexibility index (Phi) is 8.65. The number of fused-ring (bicyclic) bond motifs is 1. The number of benzene rings is 1. The number of aromatic nitrogens is 7. The standard InChI is InChI=1S/C33H30BrN9O4/c1-6-25-22(12-28-40-37-16-47-28)11-26(33(46)39-32-17(2)7-8-27(34)38-32)43(25)29(45)15-42-31-18(3)9-21(23-13-35-20(5)36-14-23)10-24(31)30(41-42)19(4)44/h1,7-10,13-14,16,22,25-26H,11-12,15H2,2-5H3,(H,38,39,46)/t22-,25-,26+/m1/s1. The van der Waals surface area contributed by atoms with Gasteiger partial charge in [0.1, 0.15) is 34.5 Å². The summed E-state index contributed by atoms with van der Waals surface area (Å²) in [5, 5.41) is 15.8. The van der Waals surface area contributed by atoms with Gasteiger partial charge in [0.25, 0.3) is 0 Å². The maximum Gasteiger partial charge on any atom is 0.248 e. The highest BCUT2D eigenvalue weighted by Crippen LogP contribution is 2.35. The van der Waals surface area contributed by atoms with Gasteiger partial charge in [-0.05, 0) is 78.0 Å². The number of Topliss-reactive ketones (excluding diaryl/α,β-unsaturated/α-hetero) is 1. The fraction of sp³-hybridized carbons (Fsp3) is 0.303. The minimum atomic E-state index is -0.931. The number of amides is 2. The van der Waals surface area contributed by atoms with Crippen molar-refractivity contribution < 1.29 is 18.8 Å². The molecule has 2 amide bonds. The van der Waals surface area contributed by atoms with Crippen molar-refractivity contribution in [2.75, 3.05) is 5.32 Å². The Labute approximate surface area is 278 Å². The first-order chi connectivity index (χ1) is 22.5. The van der Waals surface area contributed by atoms with Crippen LogP contribution in [0.25, 0.3) is 22.0 Å². The van der Waals surface area contributed by atoms with Crippen LogP contribution in [0.5, 0.6) is 0 Å². The van der Waals surface area contributed by atoms with Crippen LogP contribution in [0.15, 0.2) is 52.1 Å². The average molecular weight is 697 g/mol. The van der Waals surface area contributed by atoms with Gasteiger partial charge >= 0.3 is 0 Å². The van der Waals surface area contributed by atoms with Crippen LogP contribution in [-0.4, -0.2) is 69.5 Å². The van der Waals surface area contributed by atoms with E-state index in [1.807, 2.05) is 32.0 Å². The summed E-state index contributed by atoms with van der Waals surface area (Å²) in [6, 6.07) is 5.69. The molecule has 5 heterocycles. The first-order valence-corrected chi connectivity index (χ1v) is 15.6. The Morgan fingerprint density at radius 2 is 1.87 bits per heavy atom. The lowest BCUT2D eigenvalue weighted by molar-refractivity contribution is -0.138. The third kappa shape index (κ3) is 6.26. The summed E-state index contributed by atoms with van der Waals surface area (Å²) in [5.41, 5.74) is 3.98. The number of terminal acetylenes is 1. The second-order valence-electron chi connectivity index (χ2n) is 11.5. The van der Waals surface area contributed by atoms with Crippen molar-refractivity contribution in [1.29, 1.82) is 0 Å². The van der Waals surface area contributed by atoms with E-state index in [9.17, 15) is 14.4 Å². The van der Waals surface area contributed by atoms with Crippen molar-refractivity contribution in [2.24, 2.45) is 5.92 Å². The van der Waals surface area contributed by atoms with Crippen LogP contribution in [0.1, 0.15) is 46.7 Å². The number of aryl methyl sites for hydroxylation is 3. The molecule has 238 valence electrons. The number of hydrogen-bond acceptors (Lipinski definition) is 10. The number of nitrogens with zero attached hydrogens (tertiary/aromatic N) is 8. The summed E-state index contributed by atoms with van der Waals surface area (Å²) < 4.78 is 7.43. The van der Waals surface area contributed by atoms with E-state index >= 15 is 0 Å². The molecule has 0 bridgehead atoms. The molecule has 1 N–H and O–H groups in total. The van der Waals surface area contributed by atoms with Crippen molar-refractivity contribution in [1.82, 2.24) is 39.8 Å². The molecule has 0 spiro atoms. The fourth-order valence-corrected chi connectivity index (χ4v) is 6.39. The van der Waals surface area contributed by atoms with Gasteiger partial charge in [0.2, 0.25) is 24.1 Å². The number of likely N-dealkylation sites (tertiary alicyclic amines) is 1. The number of carbonyl (C=O) groups is 3. The van der Waals surface area contributed by atoms with Crippen molar-refractivity contribution in [3.05, 3.63) is 76.2 Å². The van der Waals surface area contributed by atoms with Crippen LogP contribution in [0, 0.1) is 39.0 Å². The molecule has 0 unspecified atom stereocenters. The largest absolute Gasteiger partial charge is 0.428 e. The van der Waals surface area contributed by atoms with E-state index in [-0.39, 0.29) is 36.8 Å². The van der Waals surface area contributed by atoms with Crippen LogP contribution in [0.2, 0.25) is 0 Å². The maximum atomic E-state index is 14.3. The van der Waals surface area contributed by atoms with Crippen LogP contribution >= 0.6 is 15.9 Å². The molecule has 1 aliphatic heterocycles. The van der Waals surface area contributed by atoms with E-state index < -0.39 is 23.9 Å². The van der Waals surface area contributed by atoms with Gasteiger partial charge in [-0.25, -0.2) is 15.0 Å². The topological polar surface area (TPSA) is 162 Å². The highest BCUT2D eigenvalue weighted by molar-refractivity contribution is 9.10. The van der Waals surface area contributed by atoms with Crippen LogP contribution < -0.4 is 5.32 Å². The number of carbonyl (C=O) groups excluding carboxylic acids is 3. The van der Waals surface area contributed by atoms with E-state index in [0.717, 1.165) is 22.3 Å². The summed E-state index contributed by atoms with van der Waals surface area (Å²) in [6.45, 7) is 6.68. The lowest BCUT2D eigenvalue weighted by atomic mass is 9.95. The molecule has 0 saturated carbocycles.